The van der Waals surface area contributed by atoms with Gasteiger partial charge < -0.3 is 5.32 Å². The van der Waals surface area contributed by atoms with Crippen molar-refractivity contribution in [2.24, 2.45) is 5.92 Å². The van der Waals surface area contributed by atoms with Gasteiger partial charge in [0.2, 0.25) is 0 Å². The van der Waals surface area contributed by atoms with Gasteiger partial charge in [-0.3, -0.25) is 0 Å². The SMILES string of the molecule is CCC(CC)CC(NC)c1ccccc1Br. The minimum absolute atomic E-state index is 0.459. The lowest BCUT2D eigenvalue weighted by atomic mass is 9.91. The zero-order chi connectivity index (χ0) is 12.0. The second kappa shape index (κ2) is 7.08. The van der Waals surface area contributed by atoms with Crippen LogP contribution in [0.25, 0.3) is 0 Å². The number of benzene rings is 1. The monoisotopic (exact) mass is 283 g/mol. The van der Waals surface area contributed by atoms with Gasteiger partial charge in [-0.1, -0.05) is 60.8 Å². The molecule has 1 rings (SSSR count). The molecular formula is C14H22BrN. The molecule has 0 spiro atoms. The van der Waals surface area contributed by atoms with Crippen molar-refractivity contribution in [3.63, 3.8) is 0 Å². The summed E-state index contributed by atoms with van der Waals surface area (Å²) in [4.78, 5) is 0. The molecule has 0 aromatic heterocycles. The molecule has 0 aliphatic rings. The summed E-state index contributed by atoms with van der Waals surface area (Å²) in [6.45, 7) is 4.56. The van der Waals surface area contributed by atoms with E-state index in [2.05, 4.69) is 59.4 Å². The smallest absolute Gasteiger partial charge is 0.0331 e. The van der Waals surface area contributed by atoms with Crippen molar-refractivity contribution in [1.82, 2.24) is 5.32 Å². The summed E-state index contributed by atoms with van der Waals surface area (Å²) >= 11 is 3.63. The fourth-order valence-corrected chi connectivity index (χ4v) is 2.67. The maximum absolute atomic E-state index is 3.63. The highest BCUT2D eigenvalue weighted by molar-refractivity contribution is 9.10. The van der Waals surface area contributed by atoms with Crippen LogP contribution in [0, 0.1) is 5.92 Å². The normalized spacial score (nSPS) is 13.1. The Labute approximate surface area is 108 Å². The van der Waals surface area contributed by atoms with E-state index >= 15 is 0 Å². The third-order valence-electron chi connectivity index (χ3n) is 3.35. The highest BCUT2D eigenvalue weighted by Crippen LogP contribution is 2.29. The molecule has 1 aromatic carbocycles. The molecule has 0 saturated carbocycles. The predicted octanol–water partition coefficient (Wildman–Crippen LogP) is 4.54. The Kier molecular flexibility index (Phi) is 6.07. The quantitative estimate of drug-likeness (QED) is 0.809. The van der Waals surface area contributed by atoms with Crippen LogP contribution in [-0.2, 0) is 0 Å². The Morgan fingerprint density at radius 3 is 2.31 bits per heavy atom. The Balaban J connectivity index is 2.78. The zero-order valence-corrected chi connectivity index (χ0v) is 12.0. The Morgan fingerprint density at radius 1 is 1.19 bits per heavy atom. The molecule has 90 valence electrons. The van der Waals surface area contributed by atoms with Crippen LogP contribution in [0.3, 0.4) is 0 Å². The second-order valence-electron chi connectivity index (χ2n) is 4.28. The summed E-state index contributed by atoms with van der Waals surface area (Å²) in [7, 11) is 2.05. The maximum Gasteiger partial charge on any atom is 0.0331 e. The summed E-state index contributed by atoms with van der Waals surface area (Å²) in [5, 5.41) is 3.43. The molecule has 0 heterocycles. The summed E-state index contributed by atoms with van der Waals surface area (Å²) < 4.78 is 1.21. The molecule has 1 N–H and O–H groups in total. The summed E-state index contributed by atoms with van der Waals surface area (Å²) in [5.74, 6) is 0.810. The van der Waals surface area contributed by atoms with E-state index in [-0.39, 0.29) is 0 Å². The van der Waals surface area contributed by atoms with Crippen LogP contribution in [0.4, 0.5) is 0 Å². The Morgan fingerprint density at radius 2 is 1.81 bits per heavy atom. The van der Waals surface area contributed by atoms with Gasteiger partial charge in [-0.25, -0.2) is 0 Å². The van der Waals surface area contributed by atoms with Crippen LogP contribution in [-0.4, -0.2) is 7.05 Å². The third-order valence-corrected chi connectivity index (χ3v) is 4.08. The molecule has 0 aliphatic heterocycles. The van der Waals surface area contributed by atoms with Gasteiger partial charge >= 0.3 is 0 Å². The van der Waals surface area contributed by atoms with Gasteiger partial charge in [0.05, 0.1) is 0 Å². The topological polar surface area (TPSA) is 12.0 Å². The molecular weight excluding hydrogens is 262 g/mol. The molecule has 0 amide bonds. The third kappa shape index (κ3) is 3.60. The van der Waals surface area contributed by atoms with E-state index in [1.807, 2.05) is 7.05 Å². The highest BCUT2D eigenvalue weighted by Gasteiger charge is 2.16. The van der Waals surface area contributed by atoms with E-state index in [1.54, 1.807) is 0 Å². The van der Waals surface area contributed by atoms with Crippen LogP contribution in [0.15, 0.2) is 28.7 Å². The van der Waals surface area contributed by atoms with Crippen molar-refractivity contribution < 1.29 is 0 Å². The molecule has 1 atom stereocenters. The highest BCUT2D eigenvalue weighted by atomic mass is 79.9. The first kappa shape index (κ1) is 13.7. The molecule has 0 radical (unpaired) electrons. The van der Waals surface area contributed by atoms with Crippen molar-refractivity contribution in [1.29, 1.82) is 0 Å². The average molecular weight is 284 g/mol. The second-order valence-corrected chi connectivity index (χ2v) is 5.14. The minimum Gasteiger partial charge on any atom is -0.313 e. The van der Waals surface area contributed by atoms with Crippen molar-refractivity contribution >= 4 is 15.9 Å². The standard InChI is InChI=1S/C14H22BrN/c1-4-11(5-2)10-14(16-3)12-8-6-7-9-13(12)15/h6-9,11,14,16H,4-5,10H2,1-3H3. The lowest BCUT2D eigenvalue weighted by Crippen LogP contribution is -2.20. The fraction of sp³-hybridized carbons (Fsp3) is 0.571. The van der Waals surface area contributed by atoms with E-state index in [4.69, 9.17) is 0 Å². The van der Waals surface area contributed by atoms with Crippen LogP contribution in [0.2, 0.25) is 0 Å². The number of halogens is 1. The molecule has 16 heavy (non-hydrogen) atoms. The van der Waals surface area contributed by atoms with Crippen molar-refractivity contribution in [3.05, 3.63) is 34.3 Å². The number of hydrogen-bond acceptors (Lipinski definition) is 1. The van der Waals surface area contributed by atoms with Gasteiger partial charge in [-0.15, -0.1) is 0 Å². The van der Waals surface area contributed by atoms with Crippen molar-refractivity contribution in [3.8, 4) is 0 Å². The zero-order valence-electron chi connectivity index (χ0n) is 10.5. The van der Waals surface area contributed by atoms with Crippen molar-refractivity contribution in [2.45, 2.75) is 39.2 Å². The van der Waals surface area contributed by atoms with Gasteiger partial charge in [0.1, 0.15) is 0 Å². The Hall–Kier alpha value is -0.340. The average Bonchev–Trinajstić information content (AvgIpc) is 2.32. The van der Waals surface area contributed by atoms with Crippen LogP contribution in [0.5, 0.6) is 0 Å². The summed E-state index contributed by atoms with van der Waals surface area (Å²) in [6.07, 6.45) is 3.74. The van der Waals surface area contributed by atoms with Crippen molar-refractivity contribution in [2.75, 3.05) is 7.05 Å². The van der Waals surface area contributed by atoms with Gasteiger partial charge in [0.25, 0.3) is 0 Å². The van der Waals surface area contributed by atoms with Gasteiger partial charge in [0, 0.05) is 10.5 Å². The van der Waals surface area contributed by atoms with E-state index in [0.29, 0.717) is 6.04 Å². The first-order valence-corrected chi connectivity index (χ1v) is 6.93. The first-order chi connectivity index (χ1) is 7.72. The molecule has 1 unspecified atom stereocenters. The van der Waals surface area contributed by atoms with Gasteiger partial charge in [-0.2, -0.15) is 0 Å². The number of hydrogen-bond donors (Lipinski definition) is 1. The van der Waals surface area contributed by atoms with E-state index in [1.165, 1.54) is 29.3 Å². The largest absolute Gasteiger partial charge is 0.313 e. The van der Waals surface area contributed by atoms with E-state index in [0.717, 1.165) is 5.92 Å². The fourth-order valence-electron chi connectivity index (χ4n) is 2.11. The molecule has 0 fully saturated rings. The number of nitrogens with one attached hydrogen (secondary N) is 1. The van der Waals surface area contributed by atoms with Crippen LogP contribution in [0.1, 0.15) is 44.7 Å². The summed E-state index contributed by atoms with van der Waals surface area (Å²) in [5.41, 5.74) is 1.37. The van der Waals surface area contributed by atoms with Crippen LogP contribution >= 0.6 is 15.9 Å². The van der Waals surface area contributed by atoms with E-state index < -0.39 is 0 Å². The van der Waals surface area contributed by atoms with Gasteiger partial charge in [-0.05, 0) is 31.0 Å². The van der Waals surface area contributed by atoms with Gasteiger partial charge in [0.15, 0.2) is 0 Å². The van der Waals surface area contributed by atoms with E-state index in [9.17, 15) is 0 Å². The summed E-state index contributed by atoms with van der Waals surface area (Å²) in [6, 6.07) is 8.95. The lowest BCUT2D eigenvalue weighted by Gasteiger charge is -2.22. The molecule has 0 saturated heterocycles. The minimum atomic E-state index is 0.459. The predicted molar refractivity (Wildman–Crippen MR) is 74.6 cm³/mol. The first-order valence-electron chi connectivity index (χ1n) is 6.14. The Bertz CT molecular complexity index is 307. The number of rotatable bonds is 6. The molecule has 0 aliphatic carbocycles. The molecule has 2 heteroatoms. The molecule has 1 aromatic rings. The maximum atomic E-state index is 3.63. The lowest BCUT2D eigenvalue weighted by molar-refractivity contribution is 0.385. The molecule has 0 bridgehead atoms. The molecule has 1 nitrogen and oxygen atoms in total. The van der Waals surface area contributed by atoms with Crippen LogP contribution < -0.4 is 5.32 Å².